The Morgan fingerprint density at radius 2 is 1.77 bits per heavy atom. The van der Waals surface area contributed by atoms with E-state index in [1.54, 1.807) is 4.90 Å². The van der Waals surface area contributed by atoms with Crippen LogP contribution in [0.3, 0.4) is 0 Å². The third-order valence-corrected chi connectivity index (χ3v) is 6.10. The fraction of sp³-hybridized carbons (Fsp3) is 0.174. The van der Waals surface area contributed by atoms with Crippen molar-refractivity contribution in [1.82, 2.24) is 14.8 Å². The van der Waals surface area contributed by atoms with Crippen LogP contribution in [0.1, 0.15) is 22.6 Å². The lowest BCUT2D eigenvalue weighted by molar-refractivity contribution is -0.117. The third kappa shape index (κ3) is 4.01. The summed E-state index contributed by atoms with van der Waals surface area (Å²) in [5.41, 5.74) is 5.30. The number of rotatable bonds is 5. The summed E-state index contributed by atoms with van der Waals surface area (Å²) >= 11 is 7.48. The van der Waals surface area contributed by atoms with Gasteiger partial charge in [0.05, 0.1) is 29.2 Å². The average Bonchev–Trinajstić information content (AvgIpc) is 3.28. The van der Waals surface area contributed by atoms with Gasteiger partial charge in [0, 0.05) is 21.7 Å². The number of anilines is 2. The molecule has 0 saturated heterocycles. The van der Waals surface area contributed by atoms with Crippen LogP contribution in [0.15, 0.2) is 60.0 Å². The lowest BCUT2D eigenvalue weighted by Crippen LogP contribution is -2.27. The first kappa shape index (κ1) is 20.3. The highest BCUT2D eigenvalue weighted by Crippen LogP contribution is 2.30. The van der Waals surface area contributed by atoms with Crippen molar-refractivity contribution < 1.29 is 4.79 Å². The van der Waals surface area contributed by atoms with Crippen molar-refractivity contribution in [1.29, 1.82) is 0 Å². The predicted molar refractivity (Wildman–Crippen MR) is 122 cm³/mol. The molecular weight excluding hydrogens is 416 g/mol. The zero-order valence-corrected chi connectivity index (χ0v) is 18.5. The topological polar surface area (TPSA) is 51.0 Å². The van der Waals surface area contributed by atoms with E-state index in [1.165, 1.54) is 11.3 Å². The van der Waals surface area contributed by atoms with Gasteiger partial charge < -0.3 is 0 Å². The van der Waals surface area contributed by atoms with Crippen LogP contribution in [0.4, 0.5) is 10.8 Å². The summed E-state index contributed by atoms with van der Waals surface area (Å²) < 4.78 is 1.86. The zero-order chi connectivity index (χ0) is 21.3. The van der Waals surface area contributed by atoms with Crippen LogP contribution in [0, 0.1) is 20.8 Å². The highest BCUT2D eigenvalue weighted by molar-refractivity contribution is 7.14. The number of hydrogen-bond donors (Lipinski definition) is 0. The van der Waals surface area contributed by atoms with Crippen LogP contribution < -0.4 is 4.90 Å². The fourth-order valence-electron chi connectivity index (χ4n) is 3.38. The monoisotopic (exact) mass is 436 g/mol. The van der Waals surface area contributed by atoms with Gasteiger partial charge in [-0.25, -0.2) is 9.67 Å². The quantitative estimate of drug-likeness (QED) is 0.396. The van der Waals surface area contributed by atoms with Crippen LogP contribution in [-0.4, -0.2) is 20.7 Å². The van der Waals surface area contributed by atoms with E-state index in [2.05, 4.69) is 10.1 Å². The first-order valence-electron chi connectivity index (χ1n) is 9.55. The number of carbonyl (C=O) groups excluding carboxylic acids is 1. The molecule has 0 aliphatic heterocycles. The van der Waals surface area contributed by atoms with E-state index < -0.39 is 0 Å². The minimum absolute atomic E-state index is 0.0441. The minimum Gasteiger partial charge on any atom is -0.274 e. The Bertz CT molecular complexity index is 1180. The average molecular weight is 437 g/mol. The maximum atomic E-state index is 13.5. The third-order valence-electron chi connectivity index (χ3n) is 4.90. The van der Waals surface area contributed by atoms with E-state index in [0.717, 1.165) is 34.0 Å². The Morgan fingerprint density at radius 3 is 2.40 bits per heavy atom. The van der Waals surface area contributed by atoms with Crippen molar-refractivity contribution in [2.24, 2.45) is 0 Å². The molecule has 0 saturated carbocycles. The number of aryl methyl sites for hydroxylation is 2. The largest absolute Gasteiger partial charge is 0.274 e. The number of benzene rings is 2. The lowest BCUT2D eigenvalue weighted by atomic mass is 10.1. The molecule has 0 bridgehead atoms. The van der Waals surface area contributed by atoms with E-state index in [0.29, 0.717) is 10.2 Å². The number of thiazole rings is 1. The first-order chi connectivity index (χ1) is 14.4. The molecule has 0 atom stereocenters. The maximum absolute atomic E-state index is 13.5. The predicted octanol–water partition coefficient (Wildman–Crippen LogP) is 5.81. The molecule has 0 aliphatic carbocycles. The van der Waals surface area contributed by atoms with E-state index in [-0.39, 0.29) is 12.3 Å². The number of carbonyl (C=O) groups is 1. The molecule has 4 aromatic rings. The summed E-state index contributed by atoms with van der Waals surface area (Å²) in [6, 6.07) is 17.1. The van der Waals surface area contributed by atoms with Gasteiger partial charge in [-0.2, -0.15) is 5.10 Å². The van der Waals surface area contributed by atoms with Crippen molar-refractivity contribution in [2.45, 2.75) is 27.2 Å². The van der Waals surface area contributed by atoms with Gasteiger partial charge in [0.1, 0.15) is 0 Å². The second-order valence-electron chi connectivity index (χ2n) is 7.05. The zero-order valence-electron chi connectivity index (χ0n) is 17.0. The summed E-state index contributed by atoms with van der Waals surface area (Å²) in [4.78, 5) is 19.7. The van der Waals surface area contributed by atoms with Crippen LogP contribution in [0.25, 0.3) is 5.69 Å². The summed E-state index contributed by atoms with van der Waals surface area (Å²) in [6.45, 7) is 5.85. The van der Waals surface area contributed by atoms with Crippen molar-refractivity contribution in [3.05, 3.63) is 87.6 Å². The molecule has 0 radical (unpaired) electrons. The van der Waals surface area contributed by atoms with Crippen molar-refractivity contribution in [3.63, 3.8) is 0 Å². The molecule has 0 unspecified atom stereocenters. The first-order valence-corrected chi connectivity index (χ1v) is 10.8. The molecule has 0 spiro atoms. The van der Waals surface area contributed by atoms with Crippen LogP contribution in [-0.2, 0) is 11.2 Å². The van der Waals surface area contributed by atoms with Crippen molar-refractivity contribution in [2.75, 3.05) is 4.90 Å². The molecule has 0 aliphatic rings. The number of nitrogens with zero attached hydrogens (tertiary/aromatic N) is 4. The summed E-state index contributed by atoms with van der Waals surface area (Å²) in [5, 5.41) is 7.96. The maximum Gasteiger partial charge on any atom is 0.237 e. The molecule has 5 nitrogen and oxygen atoms in total. The molecule has 30 heavy (non-hydrogen) atoms. The molecule has 2 aromatic heterocycles. The van der Waals surface area contributed by atoms with Gasteiger partial charge in [-0.05, 0) is 57.2 Å². The highest BCUT2D eigenvalue weighted by Gasteiger charge is 2.24. The van der Waals surface area contributed by atoms with E-state index in [1.807, 2.05) is 85.4 Å². The van der Waals surface area contributed by atoms with Gasteiger partial charge in [0.25, 0.3) is 0 Å². The summed E-state index contributed by atoms with van der Waals surface area (Å²) in [5.74, 6) is -0.0441. The molecule has 2 aromatic carbocycles. The van der Waals surface area contributed by atoms with Gasteiger partial charge in [-0.1, -0.05) is 29.8 Å². The molecule has 4 rings (SSSR count). The molecule has 7 heteroatoms. The molecule has 0 fully saturated rings. The second-order valence-corrected chi connectivity index (χ2v) is 8.32. The minimum atomic E-state index is -0.0441. The van der Waals surface area contributed by atoms with E-state index in [9.17, 15) is 4.79 Å². The van der Waals surface area contributed by atoms with Gasteiger partial charge >= 0.3 is 0 Å². The highest BCUT2D eigenvalue weighted by atomic mass is 35.5. The SMILES string of the molecule is Cc1csc(N(C(=O)Cc2c(C)nn(-c3ccc(Cl)cc3)c2C)c2ccccc2)n1. The number of halogens is 1. The Labute approximate surface area is 184 Å². The van der Waals surface area contributed by atoms with E-state index in [4.69, 9.17) is 11.6 Å². The van der Waals surface area contributed by atoms with Crippen molar-refractivity contribution in [3.8, 4) is 5.69 Å². The standard InChI is InChI=1S/C23H21ClN4OS/c1-15-14-30-23(25-15)27(19-7-5-4-6-8-19)22(29)13-21-16(2)26-28(17(21)3)20-11-9-18(24)10-12-20/h4-12,14H,13H2,1-3H3. The van der Waals surface area contributed by atoms with Crippen LogP contribution >= 0.6 is 22.9 Å². The van der Waals surface area contributed by atoms with Gasteiger partial charge in [0.15, 0.2) is 5.13 Å². The van der Waals surface area contributed by atoms with E-state index >= 15 is 0 Å². The molecular formula is C23H21ClN4OS. The molecule has 1 amide bonds. The number of para-hydroxylation sites is 1. The Morgan fingerprint density at radius 1 is 1.07 bits per heavy atom. The smallest absolute Gasteiger partial charge is 0.237 e. The summed E-state index contributed by atoms with van der Waals surface area (Å²) in [7, 11) is 0. The van der Waals surface area contributed by atoms with Gasteiger partial charge in [0.2, 0.25) is 5.91 Å². The number of amides is 1. The second kappa shape index (κ2) is 8.42. The van der Waals surface area contributed by atoms with Crippen LogP contribution in [0.2, 0.25) is 5.02 Å². The molecule has 0 N–H and O–H groups in total. The Kier molecular flexibility index (Phi) is 5.70. The lowest BCUT2D eigenvalue weighted by Gasteiger charge is -2.20. The van der Waals surface area contributed by atoms with Crippen molar-refractivity contribution >= 4 is 39.7 Å². The Hall–Kier alpha value is -2.96. The molecule has 2 heterocycles. The van der Waals surface area contributed by atoms with Gasteiger partial charge in [-0.3, -0.25) is 9.69 Å². The number of aromatic nitrogens is 3. The summed E-state index contributed by atoms with van der Waals surface area (Å²) in [6.07, 6.45) is 0.235. The molecule has 152 valence electrons. The normalized spacial score (nSPS) is 10.9. The van der Waals surface area contributed by atoms with Crippen LogP contribution in [0.5, 0.6) is 0 Å². The van der Waals surface area contributed by atoms with Gasteiger partial charge in [-0.15, -0.1) is 11.3 Å². The number of hydrogen-bond acceptors (Lipinski definition) is 4. The Balaban J connectivity index is 1.69. The fourth-order valence-corrected chi connectivity index (χ4v) is 4.34.